The summed E-state index contributed by atoms with van der Waals surface area (Å²) in [5, 5.41) is 8.78. The van der Waals surface area contributed by atoms with E-state index in [9.17, 15) is 14.4 Å². The van der Waals surface area contributed by atoms with Crippen molar-refractivity contribution in [2.75, 3.05) is 6.54 Å². The van der Waals surface area contributed by atoms with E-state index in [0.717, 1.165) is 30.6 Å². The number of nitrogens with zero attached hydrogens (tertiary/aromatic N) is 1. The standard InChI is InChI=1S/C14H25NO4/c1-3-5-7-9-12(16)15(11-14(18)19)13(17)10-8-6-4-2/h3-11H2,1-2H3,(H,18,19). The van der Waals surface area contributed by atoms with Crippen molar-refractivity contribution in [3.8, 4) is 0 Å². The minimum atomic E-state index is -1.15. The Morgan fingerprint density at radius 2 is 1.26 bits per heavy atom. The van der Waals surface area contributed by atoms with Gasteiger partial charge in [0, 0.05) is 12.8 Å². The molecule has 0 aromatic rings. The third-order valence-corrected chi connectivity index (χ3v) is 2.88. The quantitative estimate of drug-likeness (QED) is 0.620. The molecular formula is C14H25NO4. The van der Waals surface area contributed by atoms with E-state index in [-0.39, 0.29) is 24.7 Å². The van der Waals surface area contributed by atoms with Crippen molar-refractivity contribution in [1.82, 2.24) is 4.90 Å². The number of hydrogen-bond acceptors (Lipinski definition) is 3. The monoisotopic (exact) mass is 271 g/mol. The van der Waals surface area contributed by atoms with E-state index in [4.69, 9.17) is 5.11 Å². The van der Waals surface area contributed by atoms with E-state index in [1.807, 2.05) is 13.8 Å². The number of imide groups is 1. The molecule has 0 radical (unpaired) electrons. The van der Waals surface area contributed by atoms with Crippen LogP contribution in [0, 0.1) is 0 Å². The number of carboxylic acids is 1. The highest BCUT2D eigenvalue weighted by Crippen LogP contribution is 2.08. The lowest BCUT2D eigenvalue weighted by Crippen LogP contribution is -2.40. The fraction of sp³-hybridized carbons (Fsp3) is 0.786. The Hall–Kier alpha value is -1.39. The molecule has 5 heteroatoms. The van der Waals surface area contributed by atoms with Gasteiger partial charge in [0.1, 0.15) is 6.54 Å². The van der Waals surface area contributed by atoms with Crippen LogP contribution in [0.3, 0.4) is 0 Å². The fourth-order valence-corrected chi connectivity index (χ4v) is 1.77. The summed E-state index contributed by atoms with van der Waals surface area (Å²) in [6, 6.07) is 0. The van der Waals surface area contributed by atoms with E-state index in [1.54, 1.807) is 0 Å². The number of amides is 2. The van der Waals surface area contributed by atoms with Gasteiger partial charge in [-0.25, -0.2) is 0 Å². The van der Waals surface area contributed by atoms with Crippen molar-refractivity contribution < 1.29 is 19.5 Å². The maximum atomic E-state index is 11.9. The second kappa shape index (κ2) is 10.5. The zero-order valence-corrected chi connectivity index (χ0v) is 12.0. The molecule has 0 spiro atoms. The summed E-state index contributed by atoms with van der Waals surface area (Å²) in [5.41, 5.74) is 0. The summed E-state index contributed by atoms with van der Waals surface area (Å²) in [6.45, 7) is 3.53. The van der Waals surface area contributed by atoms with E-state index in [1.165, 1.54) is 0 Å². The van der Waals surface area contributed by atoms with Gasteiger partial charge < -0.3 is 5.11 Å². The number of rotatable bonds is 10. The molecule has 110 valence electrons. The van der Waals surface area contributed by atoms with Gasteiger partial charge in [-0.15, -0.1) is 0 Å². The van der Waals surface area contributed by atoms with Crippen LogP contribution in [-0.4, -0.2) is 34.3 Å². The van der Waals surface area contributed by atoms with Crippen LogP contribution in [0.4, 0.5) is 0 Å². The molecule has 0 bridgehead atoms. The van der Waals surface area contributed by atoms with Crippen molar-refractivity contribution in [2.24, 2.45) is 0 Å². The van der Waals surface area contributed by atoms with Gasteiger partial charge in [-0.05, 0) is 12.8 Å². The Balaban J connectivity index is 4.38. The van der Waals surface area contributed by atoms with Gasteiger partial charge in [0.2, 0.25) is 11.8 Å². The topological polar surface area (TPSA) is 74.7 Å². The number of carbonyl (C=O) groups is 3. The Bertz CT molecular complexity index is 280. The average Bonchev–Trinajstić information content (AvgIpc) is 2.36. The first kappa shape index (κ1) is 17.6. The minimum Gasteiger partial charge on any atom is -0.480 e. The highest BCUT2D eigenvalue weighted by Gasteiger charge is 2.22. The molecule has 0 aliphatic rings. The largest absolute Gasteiger partial charge is 0.480 e. The molecule has 0 heterocycles. The van der Waals surface area contributed by atoms with Crippen LogP contribution in [0.1, 0.15) is 65.2 Å². The third kappa shape index (κ3) is 8.35. The smallest absolute Gasteiger partial charge is 0.323 e. The first-order valence-electron chi connectivity index (χ1n) is 7.07. The molecule has 0 rings (SSSR count). The molecule has 0 aliphatic carbocycles. The summed E-state index contributed by atoms with van der Waals surface area (Å²) in [7, 11) is 0. The van der Waals surface area contributed by atoms with Gasteiger partial charge in [0.05, 0.1) is 0 Å². The lowest BCUT2D eigenvalue weighted by atomic mass is 10.1. The van der Waals surface area contributed by atoms with Crippen LogP contribution < -0.4 is 0 Å². The summed E-state index contributed by atoms with van der Waals surface area (Å²) in [5.74, 6) is -1.87. The van der Waals surface area contributed by atoms with Crippen molar-refractivity contribution in [3.05, 3.63) is 0 Å². The molecule has 0 unspecified atom stereocenters. The average molecular weight is 271 g/mol. The van der Waals surface area contributed by atoms with E-state index in [2.05, 4.69) is 0 Å². The highest BCUT2D eigenvalue weighted by molar-refractivity contribution is 5.97. The van der Waals surface area contributed by atoms with Gasteiger partial charge in [0.25, 0.3) is 0 Å². The highest BCUT2D eigenvalue weighted by atomic mass is 16.4. The van der Waals surface area contributed by atoms with Gasteiger partial charge in [0.15, 0.2) is 0 Å². The number of hydrogen-bond donors (Lipinski definition) is 1. The normalized spacial score (nSPS) is 10.2. The Kier molecular flexibility index (Phi) is 9.75. The molecule has 0 atom stereocenters. The summed E-state index contributed by atoms with van der Waals surface area (Å²) in [4.78, 5) is 35.4. The van der Waals surface area contributed by atoms with Gasteiger partial charge in [-0.3, -0.25) is 19.3 Å². The van der Waals surface area contributed by atoms with Gasteiger partial charge >= 0.3 is 5.97 Å². The molecule has 0 aromatic heterocycles. The molecule has 5 nitrogen and oxygen atoms in total. The van der Waals surface area contributed by atoms with Crippen LogP contribution in [0.5, 0.6) is 0 Å². The Morgan fingerprint density at radius 3 is 1.58 bits per heavy atom. The maximum Gasteiger partial charge on any atom is 0.323 e. The van der Waals surface area contributed by atoms with Crippen molar-refractivity contribution in [2.45, 2.75) is 65.2 Å². The predicted molar refractivity (Wildman–Crippen MR) is 72.6 cm³/mol. The first-order valence-corrected chi connectivity index (χ1v) is 7.07. The molecule has 2 amide bonds. The van der Waals surface area contributed by atoms with Crippen LogP contribution in [0.25, 0.3) is 0 Å². The van der Waals surface area contributed by atoms with Crippen LogP contribution >= 0.6 is 0 Å². The predicted octanol–water partition coefficient (Wildman–Crippen LogP) is 2.59. The van der Waals surface area contributed by atoms with Crippen LogP contribution in [0.15, 0.2) is 0 Å². The molecule has 0 saturated carbocycles. The summed E-state index contributed by atoms with van der Waals surface area (Å²) >= 11 is 0. The van der Waals surface area contributed by atoms with Gasteiger partial charge in [-0.1, -0.05) is 39.5 Å². The number of aliphatic carboxylic acids is 1. The molecule has 19 heavy (non-hydrogen) atoms. The van der Waals surface area contributed by atoms with E-state index >= 15 is 0 Å². The summed E-state index contributed by atoms with van der Waals surface area (Å²) < 4.78 is 0. The van der Waals surface area contributed by atoms with Crippen LogP contribution in [-0.2, 0) is 14.4 Å². The zero-order chi connectivity index (χ0) is 14.7. The second-order valence-corrected chi connectivity index (χ2v) is 4.68. The fourth-order valence-electron chi connectivity index (χ4n) is 1.77. The number of carboxylic acid groups (broad SMARTS) is 1. The SMILES string of the molecule is CCCCCC(=O)N(CC(=O)O)C(=O)CCCCC. The van der Waals surface area contributed by atoms with Crippen molar-refractivity contribution in [3.63, 3.8) is 0 Å². The molecule has 0 aliphatic heterocycles. The Morgan fingerprint density at radius 1 is 0.842 bits per heavy atom. The maximum absolute atomic E-state index is 11.9. The molecule has 0 aromatic carbocycles. The Labute approximate surface area is 115 Å². The third-order valence-electron chi connectivity index (χ3n) is 2.88. The molecule has 0 saturated heterocycles. The molecule has 0 fully saturated rings. The van der Waals surface area contributed by atoms with E-state index < -0.39 is 12.5 Å². The molecular weight excluding hydrogens is 246 g/mol. The lowest BCUT2D eigenvalue weighted by Gasteiger charge is -2.18. The minimum absolute atomic E-state index is 0.251. The van der Waals surface area contributed by atoms with Gasteiger partial charge in [-0.2, -0.15) is 0 Å². The summed E-state index contributed by atoms with van der Waals surface area (Å²) in [6.07, 6.45) is 5.70. The van der Waals surface area contributed by atoms with Crippen LogP contribution in [0.2, 0.25) is 0 Å². The van der Waals surface area contributed by atoms with E-state index in [0.29, 0.717) is 12.8 Å². The second-order valence-electron chi connectivity index (χ2n) is 4.68. The first-order chi connectivity index (χ1) is 9.02. The lowest BCUT2D eigenvalue weighted by molar-refractivity contribution is -0.152. The molecule has 1 N–H and O–H groups in total. The van der Waals surface area contributed by atoms with Crippen molar-refractivity contribution >= 4 is 17.8 Å². The number of carbonyl (C=O) groups excluding carboxylic acids is 2. The van der Waals surface area contributed by atoms with Crippen molar-refractivity contribution in [1.29, 1.82) is 0 Å². The number of unbranched alkanes of at least 4 members (excludes halogenated alkanes) is 4. The zero-order valence-electron chi connectivity index (χ0n) is 12.0.